The van der Waals surface area contributed by atoms with Crippen molar-refractivity contribution in [1.82, 2.24) is 0 Å². The molecular weight excluding hydrogens is 94.0 g/mol. The minimum atomic E-state index is 0.177. The summed E-state index contributed by atoms with van der Waals surface area (Å²) in [5.41, 5.74) is 0. The number of hydrogen-bond donors (Lipinski definition) is 0. The van der Waals surface area contributed by atoms with Crippen molar-refractivity contribution in [2.45, 2.75) is 0 Å². The van der Waals surface area contributed by atoms with Crippen molar-refractivity contribution in [3.63, 3.8) is 0 Å². The van der Waals surface area contributed by atoms with Gasteiger partial charge in [-0.2, -0.15) is 0 Å². The average Bonchev–Trinajstić information content (AvgIpc) is 1.69. The van der Waals surface area contributed by atoms with Crippen molar-refractivity contribution in [1.29, 1.82) is 0 Å². The van der Waals surface area contributed by atoms with Gasteiger partial charge in [0.2, 0.25) is 6.20 Å². The van der Waals surface area contributed by atoms with Gasteiger partial charge in [-0.25, -0.2) is 0 Å². The van der Waals surface area contributed by atoms with Crippen LogP contribution < -0.4 is 0 Å². The van der Waals surface area contributed by atoms with Gasteiger partial charge < -0.3 is 4.74 Å². The van der Waals surface area contributed by atoms with Crippen LogP contribution in [0.25, 0.3) is 0 Å². The van der Waals surface area contributed by atoms with Gasteiger partial charge in [-0.15, -0.1) is 0 Å². The van der Waals surface area contributed by atoms with E-state index in [9.17, 15) is 4.91 Å². The third-order valence-electron chi connectivity index (χ3n) is 0.704. The van der Waals surface area contributed by atoms with Crippen LogP contribution in [0.2, 0.25) is 0 Å². The first kappa shape index (κ1) is 4.46. The first-order chi connectivity index (χ1) is 3.39. The molecule has 3 heteroatoms. The summed E-state index contributed by atoms with van der Waals surface area (Å²) in [5.74, 6) is 0. The fraction of sp³-hybridized carbons (Fsp3) is 0.500. The monoisotopic (exact) mass is 100 g/mol. The van der Waals surface area contributed by atoms with Crippen LogP contribution in [0.1, 0.15) is 0 Å². The number of nitrogens with zero attached hydrogens (tertiary/aromatic N) is 1. The van der Waals surface area contributed by atoms with Gasteiger partial charge in [-0.05, 0) is 0 Å². The molecule has 1 aliphatic rings. The van der Waals surface area contributed by atoms with Gasteiger partial charge in [0.1, 0.15) is 0 Å². The molecule has 0 aromatic rings. The van der Waals surface area contributed by atoms with Gasteiger partial charge in [0.15, 0.2) is 0 Å². The second-order valence-electron chi connectivity index (χ2n) is 1.30. The molecule has 0 fully saturated rings. The third-order valence-corrected chi connectivity index (χ3v) is 0.704. The number of nitroso groups, excluding NO2 is 1. The van der Waals surface area contributed by atoms with Gasteiger partial charge in [-0.3, -0.25) is 0 Å². The molecule has 0 bridgehead atoms. The van der Waals surface area contributed by atoms with E-state index in [4.69, 9.17) is 4.74 Å². The first-order valence-electron chi connectivity index (χ1n) is 2.08. The summed E-state index contributed by atoms with van der Waals surface area (Å²) in [7, 11) is 0. The highest BCUT2D eigenvalue weighted by Crippen LogP contribution is 1.87. The number of hydrogen-bond acceptors (Lipinski definition) is 2. The number of rotatable bonds is 0. The van der Waals surface area contributed by atoms with Gasteiger partial charge in [-0.1, -0.05) is 0 Å². The second kappa shape index (κ2) is 1.84. The third kappa shape index (κ3) is 1.08. The SMILES string of the molecule is O=[N+]1C=CCOC1. The summed E-state index contributed by atoms with van der Waals surface area (Å²) in [6.07, 6.45) is 3.14. The lowest BCUT2D eigenvalue weighted by atomic mass is 10.6. The standard InChI is InChI=1S/C4H6NO2/c6-5-2-1-3-7-4-5/h1-2H,3-4H2/q+1. The summed E-state index contributed by atoms with van der Waals surface area (Å²) in [6, 6.07) is 0. The summed E-state index contributed by atoms with van der Waals surface area (Å²) >= 11 is 0. The predicted octanol–water partition coefficient (Wildman–Crippen LogP) is 0.267. The topological polar surface area (TPSA) is 29.3 Å². The van der Waals surface area contributed by atoms with Crippen LogP contribution in [0.3, 0.4) is 0 Å². The van der Waals surface area contributed by atoms with E-state index in [2.05, 4.69) is 0 Å². The molecular formula is C4H6NO2+. The molecule has 0 saturated carbocycles. The van der Waals surface area contributed by atoms with E-state index in [-0.39, 0.29) is 6.73 Å². The van der Waals surface area contributed by atoms with Crippen LogP contribution in [-0.4, -0.2) is 18.1 Å². The van der Waals surface area contributed by atoms with E-state index in [1.165, 1.54) is 6.20 Å². The van der Waals surface area contributed by atoms with Crippen LogP contribution >= 0.6 is 0 Å². The van der Waals surface area contributed by atoms with Gasteiger partial charge in [0.05, 0.1) is 11.4 Å². The molecule has 0 N–H and O–H groups in total. The molecule has 0 spiro atoms. The molecule has 0 amide bonds. The lowest BCUT2D eigenvalue weighted by Crippen LogP contribution is -2.10. The maximum Gasteiger partial charge on any atom is 0.301 e. The molecule has 0 aliphatic carbocycles. The fourth-order valence-corrected chi connectivity index (χ4v) is 0.414. The molecule has 3 nitrogen and oxygen atoms in total. The lowest BCUT2D eigenvalue weighted by Gasteiger charge is -1.93. The summed E-state index contributed by atoms with van der Waals surface area (Å²) in [6.45, 7) is 0.745. The molecule has 0 aromatic carbocycles. The lowest BCUT2D eigenvalue weighted by molar-refractivity contribution is -0.531. The fourth-order valence-electron chi connectivity index (χ4n) is 0.414. The van der Waals surface area contributed by atoms with Gasteiger partial charge in [0, 0.05) is 11.0 Å². The smallest absolute Gasteiger partial charge is 0.301 e. The highest BCUT2D eigenvalue weighted by molar-refractivity contribution is 4.72. The van der Waals surface area contributed by atoms with Crippen LogP contribution in [0.5, 0.6) is 0 Å². The van der Waals surface area contributed by atoms with E-state index in [1.54, 1.807) is 6.08 Å². The Balaban J connectivity index is 2.51. The Morgan fingerprint density at radius 1 is 1.71 bits per heavy atom. The molecule has 1 rings (SSSR count). The Bertz CT molecular complexity index is 108. The Hall–Kier alpha value is -0.700. The van der Waals surface area contributed by atoms with Crippen LogP contribution in [0.4, 0.5) is 0 Å². The van der Waals surface area contributed by atoms with Crippen molar-refractivity contribution in [2.24, 2.45) is 0 Å². The van der Waals surface area contributed by atoms with E-state index in [0.717, 1.165) is 4.76 Å². The second-order valence-corrected chi connectivity index (χ2v) is 1.30. The molecule has 1 heterocycles. The van der Waals surface area contributed by atoms with Crippen molar-refractivity contribution in [2.75, 3.05) is 13.3 Å². The maximum atomic E-state index is 10.2. The highest BCUT2D eigenvalue weighted by atomic mass is 16.5. The molecule has 7 heavy (non-hydrogen) atoms. The summed E-state index contributed by atoms with van der Waals surface area (Å²) in [5, 5.41) is 0. The molecule has 1 aliphatic heterocycles. The van der Waals surface area contributed by atoms with Crippen molar-refractivity contribution in [3.05, 3.63) is 17.2 Å². The minimum absolute atomic E-state index is 0.177. The van der Waals surface area contributed by atoms with E-state index in [1.807, 2.05) is 0 Å². The predicted molar refractivity (Wildman–Crippen MR) is 23.6 cm³/mol. The van der Waals surface area contributed by atoms with Gasteiger partial charge >= 0.3 is 6.73 Å². The Morgan fingerprint density at radius 3 is 2.86 bits per heavy atom. The summed E-state index contributed by atoms with van der Waals surface area (Å²) < 4.78 is 5.45. The number of ether oxygens (including phenoxy) is 1. The largest absolute Gasteiger partial charge is 0.316 e. The van der Waals surface area contributed by atoms with E-state index in [0.29, 0.717) is 6.61 Å². The quantitative estimate of drug-likeness (QED) is 0.409. The molecule has 38 valence electrons. The van der Waals surface area contributed by atoms with Crippen LogP contribution in [0, 0.1) is 4.91 Å². The van der Waals surface area contributed by atoms with Crippen molar-refractivity contribution >= 4 is 0 Å². The van der Waals surface area contributed by atoms with Crippen molar-refractivity contribution in [3.8, 4) is 0 Å². The molecule has 0 radical (unpaired) electrons. The molecule has 0 saturated heterocycles. The van der Waals surface area contributed by atoms with Crippen molar-refractivity contribution < 1.29 is 9.50 Å². The van der Waals surface area contributed by atoms with E-state index >= 15 is 0 Å². The summed E-state index contributed by atoms with van der Waals surface area (Å²) in [4.78, 5) is 10.2. The molecule has 0 aromatic heterocycles. The Morgan fingerprint density at radius 2 is 2.57 bits per heavy atom. The maximum absolute atomic E-state index is 10.2. The minimum Gasteiger partial charge on any atom is -0.316 e. The zero-order valence-electron chi connectivity index (χ0n) is 3.83. The van der Waals surface area contributed by atoms with Crippen LogP contribution in [-0.2, 0) is 4.74 Å². The zero-order valence-corrected chi connectivity index (χ0v) is 3.83. The Labute approximate surface area is 41.2 Å². The van der Waals surface area contributed by atoms with Gasteiger partial charge in [0.25, 0.3) is 0 Å². The molecule has 0 atom stereocenters. The normalized spacial score (nSPS) is 20.3. The van der Waals surface area contributed by atoms with E-state index < -0.39 is 0 Å². The highest BCUT2D eigenvalue weighted by Gasteiger charge is 2.05. The first-order valence-corrected chi connectivity index (χ1v) is 2.08. The van der Waals surface area contributed by atoms with Crippen LogP contribution in [0.15, 0.2) is 12.3 Å². The zero-order chi connectivity index (χ0) is 5.11. The molecule has 0 unspecified atom stereocenters. The Kier molecular flexibility index (Phi) is 1.17. The average molecular weight is 100 g/mol.